The van der Waals surface area contributed by atoms with E-state index < -0.39 is 0 Å². The number of hydrogen-bond donors (Lipinski definition) is 0. The van der Waals surface area contributed by atoms with Crippen molar-refractivity contribution in [2.24, 2.45) is 7.05 Å². The van der Waals surface area contributed by atoms with Crippen LogP contribution in [0, 0.1) is 6.92 Å². The third-order valence-electron chi connectivity index (χ3n) is 3.36. The zero-order valence-corrected chi connectivity index (χ0v) is 11.2. The summed E-state index contributed by atoms with van der Waals surface area (Å²) in [6.07, 6.45) is 10.5. The highest BCUT2D eigenvalue weighted by molar-refractivity contribution is 5.78. The molecule has 0 bridgehead atoms. The Morgan fingerprint density at radius 2 is 2.05 bits per heavy atom. The van der Waals surface area contributed by atoms with E-state index in [4.69, 9.17) is 0 Å². The van der Waals surface area contributed by atoms with Crippen molar-refractivity contribution in [2.75, 3.05) is 11.4 Å². The largest absolute Gasteiger partial charge is 0.343 e. The summed E-state index contributed by atoms with van der Waals surface area (Å²) in [6.45, 7) is 3.06. The first kappa shape index (κ1) is 11.8. The van der Waals surface area contributed by atoms with Gasteiger partial charge in [0.25, 0.3) is 0 Å². The minimum atomic E-state index is 0.911. The summed E-state index contributed by atoms with van der Waals surface area (Å²) in [4.78, 5) is 2.28. The molecule has 2 aromatic rings. The fraction of sp³-hybridized carbons (Fsp3) is 0.188. The Bertz CT molecular complexity index is 650. The fourth-order valence-electron chi connectivity index (χ4n) is 2.35. The second-order valence-corrected chi connectivity index (χ2v) is 4.83. The summed E-state index contributed by atoms with van der Waals surface area (Å²) >= 11 is 0. The summed E-state index contributed by atoms with van der Waals surface area (Å²) in [5.41, 5.74) is 4.90. The van der Waals surface area contributed by atoms with E-state index in [1.807, 2.05) is 24.1 Å². The molecule has 0 radical (unpaired) electrons. The lowest BCUT2D eigenvalue weighted by molar-refractivity contribution is 0.767. The summed E-state index contributed by atoms with van der Waals surface area (Å²) in [6, 6.07) is 8.46. The predicted octanol–water partition coefficient (Wildman–Crippen LogP) is 3.15. The summed E-state index contributed by atoms with van der Waals surface area (Å²) in [5, 5.41) is 4.23. The van der Waals surface area contributed by atoms with Crippen LogP contribution in [-0.2, 0) is 7.05 Å². The van der Waals surface area contributed by atoms with Crippen molar-refractivity contribution in [3.05, 3.63) is 66.1 Å². The number of allylic oxidation sites excluding steroid dienone is 2. The summed E-state index contributed by atoms with van der Waals surface area (Å²) < 4.78 is 1.83. The maximum atomic E-state index is 4.23. The smallest absolute Gasteiger partial charge is 0.0568 e. The van der Waals surface area contributed by atoms with Crippen molar-refractivity contribution in [1.82, 2.24) is 9.78 Å². The molecule has 0 saturated carbocycles. The Hall–Kier alpha value is -2.29. The van der Waals surface area contributed by atoms with Gasteiger partial charge in [-0.25, -0.2) is 0 Å². The molecule has 0 spiro atoms. The van der Waals surface area contributed by atoms with Gasteiger partial charge in [-0.1, -0.05) is 30.4 Å². The fourth-order valence-corrected chi connectivity index (χ4v) is 2.35. The second kappa shape index (κ2) is 4.76. The lowest BCUT2D eigenvalue weighted by Crippen LogP contribution is -2.19. The molecule has 96 valence electrons. The molecule has 0 fully saturated rings. The Morgan fingerprint density at radius 1 is 1.21 bits per heavy atom. The van der Waals surface area contributed by atoms with Crippen LogP contribution in [-0.4, -0.2) is 16.3 Å². The molecule has 1 aromatic carbocycles. The highest BCUT2D eigenvalue weighted by Gasteiger charge is 2.11. The molecular weight excluding hydrogens is 234 g/mol. The lowest BCUT2D eigenvalue weighted by atomic mass is 10.1. The van der Waals surface area contributed by atoms with Crippen molar-refractivity contribution < 1.29 is 0 Å². The minimum absolute atomic E-state index is 0.911. The zero-order chi connectivity index (χ0) is 13.2. The summed E-state index contributed by atoms with van der Waals surface area (Å²) in [5.74, 6) is 0. The average Bonchev–Trinajstić information content (AvgIpc) is 2.86. The van der Waals surface area contributed by atoms with Gasteiger partial charge in [-0.3, -0.25) is 4.68 Å². The van der Waals surface area contributed by atoms with Crippen LogP contribution in [0.3, 0.4) is 0 Å². The van der Waals surface area contributed by atoms with Gasteiger partial charge in [-0.05, 0) is 18.6 Å². The molecular formula is C16H17N3. The van der Waals surface area contributed by atoms with Crippen LogP contribution >= 0.6 is 0 Å². The molecule has 1 aliphatic rings. The van der Waals surface area contributed by atoms with Crippen LogP contribution in [0.25, 0.3) is 5.57 Å². The van der Waals surface area contributed by atoms with Gasteiger partial charge in [-0.15, -0.1) is 0 Å². The highest BCUT2D eigenvalue weighted by atomic mass is 15.2. The average molecular weight is 251 g/mol. The van der Waals surface area contributed by atoms with Crippen molar-refractivity contribution in [1.29, 1.82) is 0 Å². The molecule has 2 heterocycles. The van der Waals surface area contributed by atoms with Gasteiger partial charge in [0.2, 0.25) is 0 Å². The highest BCUT2D eigenvalue weighted by Crippen LogP contribution is 2.26. The van der Waals surface area contributed by atoms with Gasteiger partial charge in [0.05, 0.1) is 6.20 Å². The van der Waals surface area contributed by atoms with Crippen LogP contribution in [0.4, 0.5) is 5.69 Å². The molecule has 3 nitrogen and oxygen atoms in total. The number of hydrogen-bond acceptors (Lipinski definition) is 2. The number of benzene rings is 1. The number of aryl methyl sites for hydroxylation is 2. The predicted molar refractivity (Wildman–Crippen MR) is 78.9 cm³/mol. The number of nitrogens with zero attached hydrogens (tertiary/aromatic N) is 3. The van der Waals surface area contributed by atoms with Gasteiger partial charge < -0.3 is 4.90 Å². The molecule has 1 aromatic heterocycles. The number of para-hydroxylation sites is 1. The number of anilines is 1. The third kappa shape index (κ3) is 2.32. The molecule has 0 N–H and O–H groups in total. The quantitative estimate of drug-likeness (QED) is 0.817. The molecule has 0 amide bonds. The third-order valence-corrected chi connectivity index (χ3v) is 3.36. The number of aromatic nitrogens is 2. The molecule has 0 unspecified atom stereocenters. The Labute approximate surface area is 113 Å². The Kier molecular flexibility index (Phi) is 2.95. The zero-order valence-electron chi connectivity index (χ0n) is 11.2. The van der Waals surface area contributed by atoms with Crippen LogP contribution in [0.5, 0.6) is 0 Å². The lowest BCUT2D eigenvalue weighted by Gasteiger charge is -2.24. The van der Waals surface area contributed by atoms with E-state index in [9.17, 15) is 0 Å². The molecule has 0 aliphatic carbocycles. The first-order valence-electron chi connectivity index (χ1n) is 6.44. The van der Waals surface area contributed by atoms with E-state index in [1.54, 1.807) is 0 Å². The summed E-state index contributed by atoms with van der Waals surface area (Å²) in [7, 11) is 1.94. The first-order chi connectivity index (χ1) is 9.24. The molecule has 19 heavy (non-hydrogen) atoms. The van der Waals surface area contributed by atoms with E-state index in [0.29, 0.717) is 0 Å². The van der Waals surface area contributed by atoms with Crippen LogP contribution in [0.2, 0.25) is 0 Å². The van der Waals surface area contributed by atoms with Gasteiger partial charge in [0, 0.05) is 42.8 Å². The monoisotopic (exact) mass is 251 g/mol. The normalized spacial score (nSPS) is 14.6. The first-order valence-corrected chi connectivity index (χ1v) is 6.44. The van der Waals surface area contributed by atoms with Gasteiger partial charge in [-0.2, -0.15) is 5.10 Å². The van der Waals surface area contributed by atoms with Gasteiger partial charge >= 0.3 is 0 Å². The van der Waals surface area contributed by atoms with E-state index in [2.05, 4.69) is 59.5 Å². The minimum Gasteiger partial charge on any atom is -0.343 e. The topological polar surface area (TPSA) is 21.1 Å². The molecule has 1 aliphatic heterocycles. The van der Waals surface area contributed by atoms with Crippen molar-refractivity contribution >= 4 is 11.3 Å². The van der Waals surface area contributed by atoms with E-state index in [1.165, 1.54) is 16.8 Å². The van der Waals surface area contributed by atoms with Crippen molar-refractivity contribution in [3.8, 4) is 0 Å². The maximum Gasteiger partial charge on any atom is 0.0568 e. The molecule has 3 heteroatoms. The SMILES string of the molecule is Cc1ccccc1N1C=C(c2cnn(C)c2)C=CC1. The molecule has 0 saturated heterocycles. The molecule has 3 rings (SSSR count). The standard InChI is InChI=1S/C16H17N3/c1-13-6-3-4-8-16(13)19-9-5-7-14(12-19)15-10-17-18(2)11-15/h3-8,10-12H,9H2,1-2H3. The van der Waals surface area contributed by atoms with E-state index in [-0.39, 0.29) is 0 Å². The van der Waals surface area contributed by atoms with Crippen molar-refractivity contribution in [2.45, 2.75) is 6.92 Å². The Balaban J connectivity index is 1.96. The van der Waals surface area contributed by atoms with Gasteiger partial charge in [0.1, 0.15) is 0 Å². The van der Waals surface area contributed by atoms with Crippen LogP contribution < -0.4 is 4.90 Å². The Morgan fingerprint density at radius 3 is 2.79 bits per heavy atom. The van der Waals surface area contributed by atoms with Crippen LogP contribution in [0.15, 0.2) is 55.0 Å². The molecule has 0 atom stereocenters. The number of rotatable bonds is 2. The maximum absolute atomic E-state index is 4.23. The van der Waals surface area contributed by atoms with E-state index >= 15 is 0 Å². The van der Waals surface area contributed by atoms with E-state index in [0.717, 1.165) is 12.1 Å². The van der Waals surface area contributed by atoms with Gasteiger partial charge in [0.15, 0.2) is 0 Å². The second-order valence-electron chi connectivity index (χ2n) is 4.83. The van der Waals surface area contributed by atoms with Crippen LogP contribution in [0.1, 0.15) is 11.1 Å². The van der Waals surface area contributed by atoms with Crippen molar-refractivity contribution in [3.63, 3.8) is 0 Å².